The molecule has 0 radical (unpaired) electrons. The quantitative estimate of drug-likeness (QED) is 0.335. The highest BCUT2D eigenvalue weighted by atomic mass is 16.5. The molecule has 0 spiro atoms. The number of benzene rings is 3. The summed E-state index contributed by atoms with van der Waals surface area (Å²) < 4.78 is 18.0. The van der Waals surface area contributed by atoms with Crippen molar-refractivity contribution in [1.29, 1.82) is 0 Å². The number of hydrogen-bond acceptors (Lipinski definition) is 7. The molecule has 1 aliphatic rings. The minimum absolute atomic E-state index is 0.118. The molecule has 2 heterocycles. The molecular weight excluding hydrogens is 522 g/mol. The lowest BCUT2D eigenvalue weighted by Crippen LogP contribution is -2.51. The van der Waals surface area contributed by atoms with Crippen LogP contribution in [0.1, 0.15) is 25.7 Å². The second-order valence-electron chi connectivity index (χ2n) is 9.75. The topological polar surface area (TPSA) is 98.2 Å². The van der Waals surface area contributed by atoms with Gasteiger partial charge in [0.1, 0.15) is 23.1 Å². The Balaban J connectivity index is 1.36. The average Bonchev–Trinajstić information content (AvgIpc) is 3.01. The van der Waals surface area contributed by atoms with Crippen molar-refractivity contribution < 1.29 is 19.0 Å². The number of ether oxygens (including phenoxy) is 3. The van der Waals surface area contributed by atoms with E-state index in [0.29, 0.717) is 66.7 Å². The van der Waals surface area contributed by atoms with Gasteiger partial charge in [0, 0.05) is 32.2 Å². The van der Waals surface area contributed by atoms with E-state index in [9.17, 15) is 9.59 Å². The molecule has 3 aromatic carbocycles. The summed E-state index contributed by atoms with van der Waals surface area (Å²) in [5.74, 6) is 2.57. The standard InChI is InChI=1S/C31H35N5O5/c1-5-41-23-12-10-22(11-13-23)36-29(32-26-9-7-6-8-25(26)30(36)37)21(2)34-16-18-35(19-17-34)31(38)33-27-15-14-24(39-3)20-28(27)40-4/h6-15,20-21H,5,16-19H2,1-4H3,(H,33,38). The van der Waals surface area contributed by atoms with Crippen LogP contribution in [0.25, 0.3) is 16.6 Å². The van der Waals surface area contributed by atoms with Crippen LogP contribution >= 0.6 is 0 Å². The van der Waals surface area contributed by atoms with E-state index in [2.05, 4.69) is 17.1 Å². The Hall–Kier alpha value is -4.57. The van der Waals surface area contributed by atoms with Crippen LogP contribution in [0.4, 0.5) is 10.5 Å². The minimum atomic E-state index is -0.198. The van der Waals surface area contributed by atoms with E-state index < -0.39 is 0 Å². The molecule has 1 atom stereocenters. The molecule has 0 bridgehead atoms. The van der Waals surface area contributed by atoms with Gasteiger partial charge in [-0.25, -0.2) is 9.78 Å². The Kier molecular flexibility index (Phi) is 8.39. The maximum Gasteiger partial charge on any atom is 0.322 e. The van der Waals surface area contributed by atoms with E-state index in [1.54, 1.807) is 48.0 Å². The predicted octanol–water partition coefficient (Wildman–Crippen LogP) is 4.71. The summed E-state index contributed by atoms with van der Waals surface area (Å²) >= 11 is 0. The number of methoxy groups -OCH3 is 2. The number of rotatable bonds is 8. The van der Waals surface area contributed by atoms with Crippen molar-refractivity contribution in [2.24, 2.45) is 0 Å². The molecule has 41 heavy (non-hydrogen) atoms. The summed E-state index contributed by atoms with van der Waals surface area (Å²) in [6.07, 6.45) is 0. The summed E-state index contributed by atoms with van der Waals surface area (Å²) in [6, 6.07) is 19.8. The molecule has 10 heteroatoms. The third-order valence-electron chi connectivity index (χ3n) is 7.38. The summed E-state index contributed by atoms with van der Waals surface area (Å²) in [6.45, 7) is 6.85. The molecule has 1 N–H and O–H groups in total. The van der Waals surface area contributed by atoms with Gasteiger partial charge < -0.3 is 24.4 Å². The normalized spacial score (nSPS) is 14.5. The van der Waals surface area contributed by atoms with Gasteiger partial charge in [-0.2, -0.15) is 0 Å². The molecule has 214 valence electrons. The van der Waals surface area contributed by atoms with Crippen molar-refractivity contribution in [3.63, 3.8) is 0 Å². The first-order valence-electron chi connectivity index (χ1n) is 13.7. The summed E-state index contributed by atoms with van der Waals surface area (Å²) in [7, 11) is 3.14. The van der Waals surface area contributed by atoms with E-state index in [1.165, 1.54) is 0 Å². The number of nitrogens with zero attached hydrogens (tertiary/aromatic N) is 4. The van der Waals surface area contributed by atoms with Gasteiger partial charge in [-0.1, -0.05) is 12.1 Å². The predicted molar refractivity (Wildman–Crippen MR) is 159 cm³/mol. The molecule has 0 aliphatic carbocycles. The van der Waals surface area contributed by atoms with Crippen molar-refractivity contribution in [3.05, 3.63) is 82.9 Å². The Morgan fingerprint density at radius 3 is 2.34 bits per heavy atom. The third kappa shape index (κ3) is 5.83. The van der Waals surface area contributed by atoms with Crippen molar-refractivity contribution in [2.45, 2.75) is 19.9 Å². The van der Waals surface area contributed by atoms with Crippen LogP contribution in [-0.4, -0.2) is 72.4 Å². The smallest absolute Gasteiger partial charge is 0.322 e. The third-order valence-corrected chi connectivity index (χ3v) is 7.38. The average molecular weight is 558 g/mol. The number of para-hydroxylation sites is 1. The zero-order valence-corrected chi connectivity index (χ0v) is 23.8. The number of amides is 2. The zero-order chi connectivity index (χ0) is 28.9. The van der Waals surface area contributed by atoms with Crippen LogP contribution < -0.4 is 25.1 Å². The van der Waals surface area contributed by atoms with Gasteiger partial charge in [-0.15, -0.1) is 0 Å². The lowest BCUT2D eigenvalue weighted by molar-refractivity contribution is 0.115. The van der Waals surface area contributed by atoms with Crippen LogP contribution in [0.15, 0.2) is 71.5 Å². The van der Waals surface area contributed by atoms with Crippen molar-refractivity contribution in [3.8, 4) is 22.9 Å². The van der Waals surface area contributed by atoms with E-state index in [0.717, 1.165) is 11.4 Å². The largest absolute Gasteiger partial charge is 0.497 e. The van der Waals surface area contributed by atoms with Crippen LogP contribution in [0.5, 0.6) is 17.2 Å². The fraction of sp³-hybridized carbons (Fsp3) is 0.323. The number of urea groups is 1. The monoisotopic (exact) mass is 557 g/mol. The SMILES string of the molecule is CCOc1ccc(-n2c(C(C)N3CCN(C(=O)Nc4ccc(OC)cc4OC)CC3)nc3ccccc3c2=O)cc1. The van der Waals surface area contributed by atoms with Crippen LogP contribution in [0.2, 0.25) is 0 Å². The molecular formula is C31H35N5O5. The first-order valence-corrected chi connectivity index (χ1v) is 13.7. The van der Waals surface area contributed by atoms with Crippen molar-refractivity contribution in [2.75, 3.05) is 52.3 Å². The number of carbonyl (C=O) groups excluding carboxylic acids is 1. The van der Waals surface area contributed by atoms with Crippen molar-refractivity contribution >= 4 is 22.6 Å². The summed E-state index contributed by atoms with van der Waals surface area (Å²) in [4.78, 5) is 35.8. The molecule has 1 aromatic heterocycles. The number of nitrogens with one attached hydrogen (secondary N) is 1. The van der Waals surface area contributed by atoms with Gasteiger partial charge in [0.15, 0.2) is 0 Å². The Labute approximate surface area is 239 Å². The number of fused-ring (bicyclic) bond motifs is 1. The molecule has 10 nitrogen and oxygen atoms in total. The maximum atomic E-state index is 13.7. The molecule has 2 amide bonds. The van der Waals surface area contributed by atoms with Gasteiger partial charge in [-0.3, -0.25) is 14.3 Å². The molecule has 1 saturated heterocycles. The van der Waals surface area contributed by atoms with E-state index in [1.807, 2.05) is 49.4 Å². The van der Waals surface area contributed by atoms with E-state index in [-0.39, 0.29) is 17.6 Å². The highest BCUT2D eigenvalue weighted by Gasteiger charge is 2.28. The molecule has 0 saturated carbocycles. The fourth-order valence-electron chi connectivity index (χ4n) is 5.11. The lowest BCUT2D eigenvalue weighted by atomic mass is 10.1. The number of anilines is 1. The van der Waals surface area contributed by atoms with Crippen LogP contribution in [-0.2, 0) is 0 Å². The van der Waals surface area contributed by atoms with Gasteiger partial charge in [0.25, 0.3) is 5.56 Å². The Bertz CT molecular complexity index is 1580. The highest BCUT2D eigenvalue weighted by molar-refractivity contribution is 5.91. The van der Waals surface area contributed by atoms with E-state index in [4.69, 9.17) is 19.2 Å². The number of aromatic nitrogens is 2. The van der Waals surface area contributed by atoms with Crippen LogP contribution in [0, 0.1) is 0 Å². The first kappa shape index (κ1) is 28.0. The Morgan fingerprint density at radius 2 is 1.66 bits per heavy atom. The minimum Gasteiger partial charge on any atom is -0.497 e. The van der Waals surface area contributed by atoms with Gasteiger partial charge in [0.2, 0.25) is 0 Å². The van der Waals surface area contributed by atoms with Crippen LogP contribution in [0.3, 0.4) is 0 Å². The number of piperazine rings is 1. The molecule has 4 aromatic rings. The van der Waals surface area contributed by atoms with Crippen molar-refractivity contribution in [1.82, 2.24) is 19.4 Å². The van der Waals surface area contributed by atoms with Gasteiger partial charge >= 0.3 is 6.03 Å². The first-order chi connectivity index (χ1) is 19.9. The second kappa shape index (κ2) is 12.3. The summed E-state index contributed by atoms with van der Waals surface area (Å²) in [5, 5.41) is 3.51. The highest BCUT2D eigenvalue weighted by Crippen LogP contribution is 2.30. The van der Waals surface area contributed by atoms with Gasteiger partial charge in [-0.05, 0) is 62.4 Å². The number of carbonyl (C=O) groups is 1. The summed E-state index contributed by atoms with van der Waals surface area (Å²) in [5.41, 5.74) is 1.85. The molecule has 1 fully saturated rings. The fourth-order valence-corrected chi connectivity index (χ4v) is 5.11. The molecule has 1 aliphatic heterocycles. The second-order valence-corrected chi connectivity index (χ2v) is 9.75. The Morgan fingerprint density at radius 1 is 0.951 bits per heavy atom. The van der Waals surface area contributed by atoms with Gasteiger partial charge in [0.05, 0.1) is 49.1 Å². The lowest BCUT2D eigenvalue weighted by Gasteiger charge is -2.38. The number of hydrogen-bond donors (Lipinski definition) is 1. The molecule has 1 unspecified atom stereocenters. The maximum absolute atomic E-state index is 13.7. The molecule has 5 rings (SSSR count). The zero-order valence-electron chi connectivity index (χ0n) is 23.8. The van der Waals surface area contributed by atoms with E-state index >= 15 is 0 Å².